The lowest BCUT2D eigenvalue weighted by molar-refractivity contribution is -0.141. The van der Waals surface area contributed by atoms with Gasteiger partial charge in [0, 0.05) is 19.2 Å². The van der Waals surface area contributed by atoms with Crippen LogP contribution in [0.5, 0.6) is 5.88 Å². The van der Waals surface area contributed by atoms with E-state index in [2.05, 4.69) is 25.2 Å². The van der Waals surface area contributed by atoms with Crippen LogP contribution in [0.1, 0.15) is 30.8 Å². The zero-order valence-electron chi connectivity index (χ0n) is 19.2. The van der Waals surface area contributed by atoms with Crippen molar-refractivity contribution in [2.24, 2.45) is 0 Å². The average molecular weight is 470 g/mol. The quantitative estimate of drug-likeness (QED) is 0.646. The summed E-state index contributed by atoms with van der Waals surface area (Å²) in [5.74, 6) is -0.198. The number of esters is 1. The number of nitrogens with zero attached hydrogens (tertiary/aromatic N) is 5. The zero-order chi connectivity index (χ0) is 23.9. The number of methoxy groups -OCH3 is 1. The van der Waals surface area contributed by atoms with Gasteiger partial charge in [-0.15, -0.1) is 0 Å². The Bertz CT molecular complexity index is 1110. The number of amides is 2. The lowest BCUT2D eigenvalue weighted by Crippen LogP contribution is -2.48. The summed E-state index contributed by atoms with van der Waals surface area (Å²) < 4.78 is 21.8. The summed E-state index contributed by atoms with van der Waals surface area (Å²) in [7, 11) is 1.29. The van der Waals surface area contributed by atoms with Crippen LogP contribution in [0.25, 0.3) is 0 Å². The molecule has 2 aromatic rings. The van der Waals surface area contributed by atoms with Crippen molar-refractivity contribution in [2.75, 3.05) is 48.5 Å². The Balaban J connectivity index is 1.31. The van der Waals surface area contributed by atoms with Crippen molar-refractivity contribution in [1.82, 2.24) is 15.0 Å². The van der Waals surface area contributed by atoms with Crippen molar-refractivity contribution in [1.29, 1.82) is 0 Å². The van der Waals surface area contributed by atoms with E-state index in [9.17, 15) is 9.59 Å². The molecule has 12 nitrogen and oxygen atoms in total. The molecule has 0 radical (unpaired) electrons. The van der Waals surface area contributed by atoms with E-state index in [1.54, 1.807) is 23.1 Å². The Morgan fingerprint density at radius 3 is 2.91 bits per heavy atom. The first kappa shape index (κ1) is 22.3. The first-order valence-electron chi connectivity index (χ1n) is 11.0. The van der Waals surface area contributed by atoms with E-state index in [-0.39, 0.29) is 30.3 Å². The van der Waals surface area contributed by atoms with Crippen LogP contribution in [0, 0.1) is 0 Å². The second-order valence-corrected chi connectivity index (χ2v) is 8.72. The lowest BCUT2D eigenvalue weighted by atomic mass is 10.2. The highest BCUT2D eigenvalue weighted by molar-refractivity contribution is 6.04. The van der Waals surface area contributed by atoms with Gasteiger partial charge in [-0.3, -0.25) is 10.2 Å². The molecule has 0 unspecified atom stereocenters. The van der Waals surface area contributed by atoms with E-state index in [1.807, 2.05) is 13.8 Å². The van der Waals surface area contributed by atoms with Crippen LogP contribution in [0.15, 0.2) is 24.5 Å². The predicted molar refractivity (Wildman–Crippen MR) is 120 cm³/mol. The van der Waals surface area contributed by atoms with Crippen molar-refractivity contribution in [2.45, 2.75) is 38.2 Å². The fraction of sp³-hybridized carbons (Fsp3) is 0.500. The first-order valence-corrected chi connectivity index (χ1v) is 11.0. The predicted octanol–water partition coefficient (Wildman–Crippen LogP) is 1.82. The van der Waals surface area contributed by atoms with Gasteiger partial charge >= 0.3 is 12.0 Å². The molecule has 0 aliphatic carbocycles. The summed E-state index contributed by atoms with van der Waals surface area (Å²) >= 11 is 0. The molecule has 2 amide bonds. The third-order valence-corrected chi connectivity index (χ3v) is 5.93. The lowest BCUT2D eigenvalue weighted by Gasteiger charge is -2.35. The molecule has 12 heteroatoms. The van der Waals surface area contributed by atoms with E-state index >= 15 is 0 Å². The highest BCUT2D eigenvalue weighted by Gasteiger charge is 2.41. The van der Waals surface area contributed by atoms with E-state index in [4.69, 9.17) is 18.9 Å². The van der Waals surface area contributed by atoms with Crippen LogP contribution in [0.2, 0.25) is 0 Å². The summed E-state index contributed by atoms with van der Waals surface area (Å²) in [6.07, 6.45) is 1.89. The molecule has 0 spiro atoms. The molecular weight excluding hydrogens is 444 g/mol. The van der Waals surface area contributed by atoms with E-state index in [0.717, 1.165) is 18.7 Å². The van der Waals surface area contributed by atoms with Crippen molar-refractivity contribution in [3.05, 3.63) is 30.2 Å². The van der Waals surface area contributed by atoms with Gasteiger partial charge in [0.15, 0.2) is 17.3 Å². The molecule has 2 fully saturated rings. The number of pyridine rings is 1. The molecule has 1 N–H and O–H groups in total. The second kappa shape index (κ2) is 8.69. The summed E-state index contributed by atoms with van der Waals surface area (Å²) in [5, 5.41) is 2.80. The number of urea groups is 1. The highest BCUT2D eigenvalue weighted by Crippen LogP contribution is 2.39. The molecular formula is C22H26N6O6. The second-order valence-electron chi connectivity index (χ2n) is 8.72. The first-order chi connectivity index (χ1) is 16.3. The molecule has 5 rings (SSSR count). The Labute approximate surface area is 196 Å². The van der Waals surface area contributed by atoms with E-state index in [1.165, 1.54) is 13.4 Å². The number of rotatable bonds is 5. The van der Waals surface area contributed by atoms with Crippen LogP contribution >= 0.6 is 0 Å². The largest absolute Gasteiger partial charge is 0.475 e. The summed E-state index contributed by atoms with van der Waals surface area (Å²) in [4.78, 5) is 41.8. The molecule has 34 heavy (non-hydrogen) atoms. The fourth-order valence-electron chi connectivity index (χ4n) is 4.37. The smallest absolute Gasteiger partial charge is 0.356 e. The van der Waals surface area contributed by atoms with Gasteiger partial charge in [0.25, 0.3) is 0 Å². The van der Waals surface area contributed by atoms with Crippen LogP contribution in [0.4, 0.5) is 22.1 Å². The number of aromatic nitrogens is 3. The molecule has 3 aliphatic rings. The summed E-state index contributed by atoms with van der Waals surface area (Å²) in [6, 6.07) is 4.47. The Morgan fingerprint density at radius 1 is 1.29 bits per heavy atom. The minimum Gasteiger partial charge on any atom is -0.475 e. The van der Waals surface area contributed by atoms with Gasteiger partial charge in [0.05, 0.1) is 25.4 Å². The zero-order valence-corrected chi connectivity index (χ0v) is 19.2. The number of anilines is 3. The number of ether oxygens (including phenoxy) is 4. The molecule has 2 aromatic heterocycles. The number of carbonyl (C=O) groups is 2. The molecule has 5 heterocycles. The monoisotopic (exact) mass is 470 g/mol. The SMILES string of the molecule is COC(=O)c1ccc2c(n1)N(C(=O)Nc1cc(OC[C@@H]3COC(C)(C)O3)ncn1)[C@H]1CCN2C1. The Kier molecular flexibility index (Phi) is 5.70. The standard InChI is InChI=1S/C22H26N6O6/c1-22(2)33-11-14(34-22)10-32-18-8-17(23-12-24-18)26-21(30)28-13-6-7-27(9-13)16-5-4-15(20(29)31-3)25-19(16)28/h4-5,8,12-14H,6-7,9-11H2,1-3H3,(H,23,24,26,30)/t13-,14+/m0/s1. The van der Waals surface area contributed by atoms with Crippen molar-refractivity contribution < 1.29 is 28.5 Å². The third-order valence-electron chi connectivity index (χ3n) is 5.93. The van der Waals surface area contributed by atoms with Gasteiger partial charge in [-0.25, -0.2) is 24.5 Å². The molecule has 2 bridgehead atoms. The third kappa shape index (κ3) is 4.33. The van der Waals surface area contributed by atoms with Gasteiger partial charge < -0.3 is 23.8 Å². The summed E-state index contributed by atoms with van der Waals surface area (Å²) in [5.41, 5.74) is 0.936. The van der Waals surface area contributed by atoms with Crippen LogP contribution < -0.4 is 19.9 Å². The van der Waals surface area contributed by atoms with Gasteiger partial charge in [0.1, 0.15) is 24.9 Å². The maximum absolute atomic E-state index is 13.3. The Morgan fingerprint density at radius 2 is 2.15 bits per heavy atom. The highest BCUT2D eigenvalue weighted by atomic mass is 16.7. The molecule has 180 valence electrons. The average Bonchev–Trinajstić information content (AvgIpc) is 3.40. The normalized spacial score (nSPS) is 22.3. The van der Waals surface area contributed by atoms with Gasteiger partial charge in [-0.2, -0.15) is 0 Å². The topological polar surface area (TPSA) is 128 Å². The maximum Gasteiger partial charge on any atom is 0.356 e. The van der Waals surface area contributed by atoms with E-state index < -0.39 is 17.8 Å². The van der Waals surface area contributed by atoms with Crippen molar-refractivity contribution >= 4 is 29.3 Å². The molecule has 0 aromatic carbocycles. The molecule has 2 atom stereocenters. The molecule has 2 saturated heterocycles. The van der Waals surface area contributed by atoms with Gasteiger partial charge in [-0.05, 0) is 32.4 Å². The van der Waals surface area contributed by atoms with Crippen molar-refractivity contribution in [3.8, 4) is 5.88 Å². The van der Waals surface area contributed by atoms with Crippen LogP contribution in [0.3, 0.4) is 0 Å². The number of hydrogen-bond donors (Lipinski definition) is 1. The van der Waals surface area contributed by atoms with Crippen LogP contribution in [-0.2, 0) is 14.2 Å². The molecule has 3 aliphatic heterocycles. The minimum absolute atomic E-state index is 0.0756. The summed E-state index contributed by atoms with van der Waals surface area (Å²) in [6.45, 7) is 5.86. The van der Waals surface area contributed by atoms with Crippen molar-refractivity contribution in [3.63, 3.8) is 0 Å². The number of nitrogens with one attached hydrogen (secondary N) is 1. The van der Waals surface area contributed by atoms with Gasteiger partial charge in [0.2, 0.25) is 5.88 Å². The molecule has 0 saturated carbocycles. The fourth-order valence-corrected chi connectivity index (χ4v) is 4.37. The number of fused-ring (bicyclic) bond motifs is 4. The number of hydrogen-bond acceptors (Lipinski definition) is 10. The minimum atomic E-state index is -0.638. The van der Waals surface area contributed by atoms with Gasteiger partial charge in [-0.1, -0.05) is 0 Å². The maximum atomic E-state index is 13.3. The van der Waals surface area contributed by atoms with Crippen LogP contribution in [-0.4, -0.2) is 78.3 Å². The van der Waals surface area contributed by atoms with E-state index in [0.29, 0.717) is 24.8 Å². The Hall–Kier alpha value is -3.51. The number of carbonyl (C=O) groups excluding carboxylic acids is 2.